The minimum absolute atomic E-state index is 0.0119. The average molecular weight is 230 g/mol. The largest absolute Gasteiger partial charge is 0.395 e. The zero-order valence-corrected chi connectivity index (χ0v) is 11.0. The third-order valence-electron chi connectivity index (χ3n) is 3.21. The Labute approximate surface area is 98.8 Å². The predicted octanol–water partition coefficient (Wildman–Crippen LogP) is 1.12. The van der Waals surface area contributed by atoms with E-state index in [1.807, 2.05) is 20.8 Å². The first-order valence-electron chi connectivity index (χ1n) is 6.15. The van der Waals surface area contributed by atoms with Crippen molar-refractivity contribution < 1.29 is 9.90 Å². The lowest BCUT2D eigenvalue weighted by molar-refractivity contribution is -0.139. The van der Waals surface area contributed by atoms with Gasteiger partial charge in [-0.15, -0.1) is 0 Å². The van der Waals surface area contributed by atoms with Crippen molar-refractivity contribution in [2.24, 2.45) is 5.73 Å². The van der Waals surface area contributed by atoms with E-state index in [0.29, 0.717) is 13.0 Å². The number of rotatable bonds is 7. The quantitative estimate of drug-likeness (QED) is 0.689. The molecule has 96 valence electrons. The second-order valence-electron chi connectivity index (χ2n) is 4.46. The van der Waals surface area contributed by atoms with Gasteiger partial charge in [0, 0.05) is 12.6 Å². The molecule has 0 spiro atoms. The number of nitrogens with two attached hydrogens (primary N) is 1. The Morgan fingerprint density at radius 2 is 1.88 bits per heavy atom. The van der Waals surface area contributed by atoms with Gasteiger partial charge in [-0.2, -0.15) is 0 Å². The molecule has 0 bridgehead atoms. The molecule has 4 nitrogen and oxygen atoms in total. The van der Waals surface area contributed by atoms with Crippen LogP contribution in [-0.4, -0.2) is 40.6 Å². The maximum atomic E-state index is 12.2. The number of carbonyl (C=O) groups is 1. The van der Waals surface area contributed by atoms with Gasteiger partial charge in [0.1, 0.15) is 0 Å². The van der Waals surface area contributed by atoms with Crippen LogP contribution in [0.1, 0.15) is 47.0 Å². The molecular formula is C12H26N2O2. The lowest BCUT2D eigenvalue weighted by Gasteiger charge is -2.36. The Bertz CT molecular complexity index is 213. The van der Waals surface area contributed by atoms with Crippen molar-refractivity contribution in [1.29, 1.82) is 0 Å². The van der Waals surface area contributed by atoms with Crippen LogP contribution < -0.4 is 5.73 Å². The molecule has 0 fully saturated rings. The van der Waals surface area contributed by atoms with Crippen LogP contribution in [0.15, 0.2) is 0 Å². The lowest BCUT2D eigenvalue weighted by Crippen LogP contribution is -2.56. The molecule has 1 atom stereocenters. The molecule has 0 rings (SSSR count). The van der Waals surface area contributed by atoms with E-state index in [0.717, 1.165) is 12.8 Å². The topological polar surface area (TPSA) is 66.6 Å². The van der Waals surface area contributed by atoms with Crippen LogP contribution in [-0.2, 0) is 4.79 Å². The number of aliphatic hydroxyl groups excluding tert-OH is 1. The van der Waals surface area contributed by atoms with Crippen molar-refractivity contribution in [2.45, 2.75) is 58.5 Å². The van der Waals surface area contributed by atoms with Crippen LogP contribution in [0.4, 0.5) is 0 Å². The SMILES string of the molecule is CCC(CC)N(CCO)C(=O)C(C)(N)CC. The zero-order valence-electron chi connectivity index (χ0n) is 11.0. The van der Waals surface area contributed by atoms with Crippen LogP contribution >= 0.6 is 0 Å². The number of aliphatic hydroxyl groups is 1. The summed E-state index contributed by atoms with van der Waals surface area (Å²) in [5.74, 6) is -0.0576. The van der Waals surface area contributed by atoms with E-state index in [-0.39, 0.29) is 18.6 Å². The van der Waals surface area contributed by atoms with E-state index in [1.165, 1.54) is 0 Å². The van der Waals surface area contributed by atoms with Gasteiger partial charge in [-0.1, -0.05) is 20.8 Å². The smallest absolute Gasteiger partial charge is 0.242 e. The Morgan fingerprint density at radius 1 is 1.38 bits per heavy atom. The summed E-state index contributed by atoms with van der Waals surface area (Å²) < 4.78 is 0. The Hall–Kier alpha value is -0.610. The van der Waals surface area contributed by atoms with E-state index >= 15 is 0 Å². The molecule has 0 aromatic heterocycles. The molecule has 16 heavy (non-hydrogen) atoms. The number of carbonyl (C=O) groups excluding carboxylic acids is 1. The second kappa shape index (κ2) is 6.86. The monoisotopic (exact) mass is 230 g/mol. The summed E-state index contributed by atoms with van der Waals surface area (Å²) >= 11 is 0. The van der Waals surface area contributed by atoms with E-state index in [2.05, 4.69) is 0 Å². The van der Waals surface area contributed by atoms with Gasteiger partial charge in [0.15, 0.2) is 0 Å². The first kappa shape index (κ1) is 15.4. The molecule has 1 amide bonds. The van der Waals surface area contributed by atoms with E-state index in [9.17, 15) is 4.79 Å². The number of nitrogens with zero attached hydrogens (tertiary/aromatic N) is 1. The fourth-order valence-corrected chi connectivity index (χ4v) is 1.77. The number of hydrogen-bond acceptors (Lipinski definition) is 3. The van der Waals surface area contributed by atoms with E-state index in [4.69, 9.17) is 10.8 Å². The van der Waals surface area contributed by atoms with E-state index in [1.54, 1.807) is 11.8 Å². The Morgan fingerprint density at radius 3 is 2.19 bits per heavy atom. The molecule has 4 heteroatoms. The van der Waals surface area contributed by atoms with Gasteiger partial charge in [0.05, 0.1) is 12.1 Å². The summed E-state index contributed by atoms with van der Waals surface area (Å²) in [6.45, 7) is 8.11. The fraction of sp³-hybridized carbons (Fsp3) is 0.917. The van der Waals surface area contributed by atoms with Crippen LogP contribution in [0, 0.1) is 0 Å². The highest BCUT2D eigenvalue weighted by atomic mass is 16.3. The highest BCUT2D eigenvalue weighted by Crippen LogP contribution is 2.16. The molecule has 0 radical (unpaired) electrons. The first-order valence-corrected chi connectivity index (χ1v) is 6.15. The Kier molecular flexibility index (Phi) is 6.60. The summed E-state index contributed by atoms with van der Waals surface area (Å²) in [7, 11) is 0. The highest BCUT2D eigenvalue weighted by Gasteiger charge is 2.33. The third-order valence-corrected chi connectivity index (χ3v) is 3.21. The molecule has 0 aliphatic rings. The van der Waals surface area contributed by atoms with Gasteiger partial charge < -0.3 is 15.7 Å². The molecule has 3 N–H and O–H groups in total. The van der Waals surface area contributed by atoms with Gasteiger partial charge >= 0.3 is 0 Å². The minimum Gasteiger partial charge on any atom is -0.395 e. The van der Waals surface area contributed by atoms with Crippen LogP contribution in [0.5, 0.6) is 0 Å². The Balaban J connectivity index is 4.83. The first-order chi connectivity index (χ1) is 7.44. The second-order valence-corrected chi connectivity index (χ2v) is 4.46. The van der Waals surface area contributed by atoms with Crippen molar-refractivity contribution in [1.82, 2.24) is 4.90 Å². The summed E-state index contributed by atoms with van der Waals surface area (Å²) in [6.07, 6.45) is 2.39. The standard InChI is InChI=1S/C12H26N2O2/c1-5-10(6-2)14(8-9-15)11(16)12(4,13)7-3/h10,15H,5-9,13H2,1-4H3. The number of hydrogen-bond donors (Lipinski definition) is 2. The van der Waals surface area contributed by atoms with Crippen molar-refractivity contribution in [2.75, 3.05) is 13.2 Å². The lowest BCUT2D eigenvalue weighted by atomic mass is 9.96. The molecule has 1 unspecified atom stereocenters. The molecule has 0 aromatic carbocycles. The van der Waals surface area contributed by atoms with Crippen molar-refractivity contribution in [3.63, 3.8) is 0 Å². The highest BCUT2D eigenvalue weighted by molar-refractivity contribution is 5.85. The maximum absolute atomic E-state index is 12.2. The average Bonchev–Trinajstić information content (AvgIpc) is 2.28. The van der Waals surface area contributed by atoms with Crippen LogP contribution in [0.2, 0.25) is 0 Å². The molecule has 0 saturated heterocycles. The molecule has 0 aliphatic carbocycles. The molecule has 0 saturated carbocycles. The minimum atomic E-state index is -0.822. The predicted molar refractivity (Wildman–Crippen MR) is 66.1 cm³/mol. The van der Waals surface area contributed by atoms with Gasteiger partial charge in [0.25, 0.3) is 0 Å². The summed E-state index contributed by atoms with van der Waals surface area (Å²) in [4.78, 5) is 14.0. The summed E-state index contributed by atoms with van der Waals surface area (Å²) in [6, 6.07) is 0.175. The van der Waals surface area contributed by atoms with Crippen molar-refractivity contribution in [3.05, 3.63) is 0 Å². The molecule has 0 aromatic rings. The van der Waals surface area contributed by atoms with Gasteiger partial charge in [-0.05, 0) is 26.2 Å². The zero-order chi connectivity index (χ0) is 12.8. The van der Waals surface area contributed by atoms with Crippen LogP contribution in [0.3, 0.4) is 0 Å². The summed E-state index contributed by atoms with van der Waals surface area (Å²) in [5.41, 5.74) is 5.14. The molecule has 0 aliphatic heterocycles. The van der Waals surface area contributed by atoms with Gasteiger partial charge in [-0.3, -0.25) is 4.79 Å². The van der Waals surface area contributed by atoms with Gasteiger partial charge in [0.2, 0.25) is 5.91 Å². The van der Waals surface area contributed by atoms with Crippen molar-refractivity contribution >= 4 is 5.91 Å². The molecule has 0 heterocycles. The van der Waals surface area contributed by atoms with Gasteiger partial charge in [-0.25, -0.2) is 0 Å². The normalized spacial score (nSPS) is 14.9. The fourth-order valence-electron chi connectivity index (χ4n) is 1.77. The van der Waals surface area contributed by atoms with E-state index < -0.39 is 5.54 Å². The summed E-state index contributed by atoms with van der Waals surface area (Å²) in [5, 5.41) is 9.03. The van der Waals surface area contributed by atoms with Crippen LogP contribution in [0.25, 0.3) is 0 Å². The van der Waals surface area contributed by atoms with Crippen molar-refractivity contribution in [3.8, 4) is 0 Å². The number of amides is 1. The maximum Gasteiger partial charge on any atom is 0.242 e. The third kappa shape index (κ3) is 3.76. The molecular weight excluding hydrogens is 204 g/mol.